The number of nitrogens with one attached hydrogen (secondary N) is 1. The molecule has 0 saturated carbocycles. The van der Waals surface area contributed by atoms with Crippen LogP contribution in [-0.4, -0.2) is 47.3 Å². The van der Waals surface area contributed by atoms with E-state index < -0.39 is 8.07 Å². The third-order valence-electron chi connectivity index (χ3n) is 7.85. The molecule has 0 atom stereocenters. The first-order chi connectivity index (χ1) is 18.2. The molecule has 6 rings (SSSR count). The summed E-state index contributed by atoms with van der Waals surface area (Å²) in [5.74, 6) is 0.803. The highest BCUT2D eigenvalue weighted by Gasteiger charge is 2.27. The number of rotatable bonds is 9. The van der Waals surface area contributed by atoms with Gasteiger partial charge in [-0.05, 0) is 96.3 Å². The molecule has 2 aromatic carbocycles. The predicted octanol–water partition coefficient (Wildman–Crippen LogP) is 6.05. The zero-order valence-electron chi connectivity index (χ0n) is 22.9. The summed E-state index contributed by atoms with van der Waals surface area (Å²) in [6.45, 7) is 8.86. The van der Waals surface area contributed by atoms with Gasteiger partial charge in [-0.15, -0.1) is 5.10 Å². The van der Waals surface area contributed by atoms with Crippen LogP contribution in [0.5, 0.6) is 0 Å². The van der Waals surface area contributed by atoms with Gasteiger partial charge in [0.05, 0.1) is 0 Å². The number of aryl methyl sites for hydroxylation is 2. The second-order valence-corrected chi connectivity index (χ2v) is 18.7. The average Bonchev–Trinajstić information content (AvgIpc) is 3.65. The maximum atomic E-state index is 12.5. The molecule has 0 spiro atoms. The van der Waals surface area contributed by atoms with Gasteiger partial charge in [0, 0.05) is 44.4 Å². The van der Waals surface area contributed by atoms with Crippen LogP contribution in [0.25, 0.3) is 0 Å². The molecule has 3 aromatic rings. The molecular weight excluding hydrogens is 511 g/mol. The summed E-state index contributed by atoms with van der Waals surface area (Å²) in [7, 11) is 0.663. The van der Waals surface area contributed by atoms with E-state index in [1.165, 1.54) is 52.5 Å². The van der Waals surface area contributed by atoms with Gasteiger partial charge >= 0.3 is 0 Å². The molecule has 1 N–H and O–H groups in total. The van der Waals surface area contributed by atoms with E-state index in [-0.39, 0.29) is 5.91 Å². The van der Waals surface area contributed by atoms with E-state index >= 15 is 0 Å². The molecule has 1 amide bonds. The predicted molar refractivity (Wildman–Crippen MR) is 154 cm³/mol. The van der Waals surface area contributed by atoms with E-state index in [1.807, 2.05) is 23.9 Å². The fourth-order valence-corrected chi connectivity index (χ4v) is 7.30. The highest BCUT2D eigenvalue weighted by molar-refractivity contribution is 7.99. The van der Waals surface area contributed by atoms with Crippen molar-refractivity contribution in [3.63, 3.8) is 0 Å². The van der Waals surface area contributed by atoms with Crippen LogP contribution in [0.2, 0.25) is 25.7 Å². The maximum Gasteiger partial charge on any atom is 0.254 e. The lowest BCUT2D eigenvalue weighted by atomic mass is 9.99. The van der Waals surface area contributed by atoms with Gasteiger partial charge in [-0.25, -0.2) is 4.68 Å². The van der Waals surface area contributed by atoms with Crippen LogP contribution >= 0.6 is 11.8 Å². The second-order valence-electron chi connectivity index (χ2n) is 12.0. The molecular formula is C29H37N5O2SSi. The Morgan fingerprint density at radius 3 is 2.47 bits per heavy atom. The second kappa shape index (κ2) is 10.2. The number of benzene rings is 2. The zero-order valence-corrected chi connectivity index (χ0v) is 24.7. The first-order valence-electron chi connectivity index (χ1n) is 13.8. The Kier molecular flexibility index (Phi) is 6.86. The number of aromatic nitrogens is 3. The molecule has 7 nitrogen and oxygen atoms in total. The van der Waals surface area contributed by atoms with E-state index in [0.717, 1.165) is 60.3 Å². The molecule has 0 saturated heterocycles. The molecule has 9 heteroatoms. The summed E-state index contributed by atoms with van der Waals surface area (Å²) in [4.78, 5) is 20.2. The van der Waals surface area contributed by atoms with Crippen LogP contribution in [0.1, 0.15) is 51.0 Å². The van der Waals surface area contributed by atoms with Crippen molar-refractivity contribution in [1.29, 1.82) is 0 Å². The van der Waals surface area contributed by atoms with Crippen LogP contribution in [-0.2, 0) is 43.7 Å². The molecule has 38 heavy (non-hydrogen) atoms. The molecule has 0 fully saturated rings. The minimum atomic E-state index is -1.18. The highest BCUT2D eigenvalue weighted by Crippen LogP contribution is 2.40. The molecule has 0 unspecified atom stereocenters. The lowest BCUT2D eigenvalue weighted by molar-refractivity contribution is 0.0792. The summed E-state index contributed by atoms with van der Waals surface area (Å²) in [6.07, 6.45) is 6.99. The first-order valence-corrected chi connectivity index (χ1v) is 18.3. The molecule has 200 valence electrons. The Bertz CT molecular complexity index is 1360. The Balaban J connectivity index is 1.29. The number of carbonyl (C=O) groups is 1. The fraction of sp³-hybridized carbons (Fsp3) is 0.483. The van der Waals surface area contributed by atoms with Gasteiger partial charge in [-0.2, -0.15) is 4.98 Å². The summed E-state index contributed by atoms with van der Waals surface area (Å²) < 4.78 is 7.97. The fourth-order valence-electron chi connectivity index (χ4n) is 5.75. The average molecular weight is 548 g/mol. The SMILES string of the molecule is CN1Cc2ccc(Sc3nc(Nc4c5c(cc6c4CCC6)CCC5)n(COCC[Si](C)(C)C)n3)cc2C1=O. The van der Waals surface area contributed by atoms with Gasteiger partial charge in [0.15, 0.2) is 0 Å². The number of amides is 1. The van der Waals surface area contributed by atoms with Crippen molar-refractivity contribution in [3.8, 4) is 0 Å². The topological polar surface area (TPSA) is 72.3 Å². The van der Waals surface area contributed by atoms with Gasteiger partial charge in [0.2, 0.25) is 11.1 Å². The molecule has 0 radical (unpaired) electrons. The largest absolute Gasteiger partial charge is 0.359 e. The Labute approximate surface area is 230 Å². The zero-order chi connectivity index (χ0) is 26.4. The van der Waals surface area contributed by atoms with Crippen molar-refractivity contribution in [2.24, 2.45) is 0 Å². The van der Waals surface area contributed by atoms with Crippen molar-refractivity contribution in [3.05, 3.63) is 57.6 Å². The number of ether oxygens (including phenoxy) is 1. The van der Waals surface area contributed by atoms with Crippen molar-refractivity contribution in [2.45, 2.75) is 87.5 Å². The number of carbonyl (C=O) groups excluding carboxylic acids is 1. The molecule has 1 aromatic heterocycles. The van der Waals surface area contributed by atoms with E-state index in [2.05, 4.69) is 37.1 Å². The quantitative estimate of drug-likeness (QED) is 0.260. The Hall–Kier alpha value is -2.62. The Morgan fingerprint density at radius 1 is 1.03 bits per heavy atom. The van der Waals surface area contributed by atoms with Crippen molar-refractivity contribution < 1.29 is 9.53 Å². The first kappa shape index (κ1) is 25.6. The standard InChI is InChI=1S/C29H37N5O2SSi/c1-33-17-21-11-12-22(16-25(21)27(33)35)37-29-31-28(34(32-29)18-36-13-14-38(2,3)4)30-26-23-9-5-7-19(23)15-20-8-6-10-24(20)26/h11-12,15-16H,5-10,13-14,17-18H2,1-4H3,(H,30,31,32). The van der Waals surface area contributed by atoms with Crippen LogP contribution in [0.15, 0.2) is 34.3 Å². The monoisotopic (exact) mass is 547 g/mol. The summed E-state index contributed by atoms with van der Waals surface area (Å²) in [6, 6.07) is 9.65. The third kappa shape index (κ3) is 5.16. The van der Waals surface area contributed by atoms with E-state index in [9.17, 15) is 4.79 Å². The number of fused-ring (bicyclic) bond motifs is 3. The number of hydrogen-bond acceptors (Lipinski definition) is 6. The van der Waals surface area contributed by atoms with Gasteiger partial charge < -0.3 is 15.0 Å². The number of hydrogen-bond donors (Lipinski definition) is 1. The van der Waals surface area contributed by atoms with E-state index in [4.69, 9.17) is 14.8 Å². The van der Waals surface area contributed by atoms with E-state index in [1.54, 1.807) is 4.90 Å². The third-order valence-corrected chi connectivity index (χ3v) is 10.4. The van der Waals surface area contributed by atoms with Crippen molar-refractivity contribution in [2.75, 3.05) is 19.0 Å². The highest BCUT2D eigenvalue weighted by atomic mass is 32.2. The maximum absolute atomic E-state index is 12.5. The normalized spacial score (nSPS) is 16.2. The lowest BCUT2D eigenvalue weighted by Crippen LogP contribution is -2.22. The minimum Gasteiger partial charge on any atom is -0.359 e. The minimum absolute atomic E-state index is 0.0749. The Morgan fingerprint density at radius 2 is 1.76 bits per heavy atom. The molecule has 2 aliphatic carbocycles. The van der Waals surface area contributed by atoms with Crippen LogP contribution in [0, 0.1) is 0 Å². The van der Waals surface area contributed by atoms with Crippen molar-refractivity contribution in [1.82, 2.24) is 19.7 Å². The summed E-state index contributed by atoms with van der Waals surface area (Å²) >= 11 is 1.49. The van der Waals surface area contributed by atoms with Gasteiger partial charge in [0.25, 0.3) is 5.91 Å². The lowest BCUT2D eigenvalue weighted by Gasteiger charge is -2.18. The summed E-state index contributed by atoms with van der Waals surface area (Å²) in [5, 5.41) is 9.24. The van der Waals surface area contributed by atoms with Gasteiger partial charge in [0.1, 0.15) is 6.73 Å². The van der Waals surface area contributed by atoms with E-state index in [0.29, 0.717) is 18.4 Å². The van der Waals surface area contributed by atoms with Crippen LogP contribution < -0.4 is 5.32 Å². The van der Waals surface area contributed by atoms with Crippen molar-refractivity contribution >= 4 is 37.4 Å². The smallest absolute Gasteiger partial charge is 0.254 e. The van der Waals surface area contributed by atoms with Gasteiger partial charge in [-0.3, -0.25) is 4.79 Å². The number of anilines is 2. The number of nitrogens with zero attached hydrogens (tertiary/aromatic N) is 4. The molecule has 2 heterocycles. The van der Waals surface area contributed by atoms with Gasteiger partial charge in [-0.1, -0.05) is 31.8 Å². The summed E-state index contributed by atoms with van der Waals surface area (Å²) in [5.41, 5.74) is 9.00. The van der Waals surface area contributed by atoms with Crippen LogP contribution in [0.4, 0.5) is 11.6 Å². The molecule has 3 aliphatic rings. The molecule has 1 aliphatic heterocycles. The van der Waals surface area contributed by atoms with Crippen LogP contribution in [0.3, 0.4) is 0 Å². The molecule has 0 bridgehead atoms.